The van der Waals surface area contributed by atoms with Gasteiger partial charge in [0.1, 0.15) is 5.17 Å². The standard InChI is InChI=1S/C9H5Cl3F3N.C9H6Cl2F3NO.C9H7ClF3NO2.CH4.Cl5P.Cl3P/c10-6-3-1-5(2-4-6)7(11)16-8(12)9(13,14)15;10-6-3-1-5(2-4-6)7(16)15-8(11)9(12,13)14;10-6-3-1-5(2-4-6)7(15)14-8(16)9(11,12)13;;1-6(2,3,4)5;1-4(2)3/h1-4,8H;1-4,8H,(H,15,16);1-4,8,16H,(H,14,15);1H4;;. The van der Waals surface area contributed by atoms with E-state index in [0.717, 1.165) is 0 Å². The minimum absolute atomic E-state index is 0. The van der Waals surface area contributed by atoms with Crippen LogP contribution in [0.5, 0.6) is 0 Å². The summed E-state index contributed by atoms with van der Waals surface area (Å²) in [5.74, 6) is -3.14. The number of amides is 2. The Morgan fingerprint density at radius 3 is 1.12 bits per heavy atom. The van der Waals surface area contributed by atoms with E-state index in [4.69, 9.17) is 165 Å². The van der Waals surface area contributed by atoms with Gasteiger partial charge in [-0.1, -0.05) is 123 Å². The van der Waals surface area contributed by atoms with Gasteiger partial charge in [0.05, 0.1) is 0 Å². The normalized spacial score (nSPS) is 13.8. The Bertz CT molecular complexity index is 1640. The third kappa shape index (κ3) is 35.5. The summed E-state index contributed by atoms with van der Waals surface area (Å²) in [6.07, 6.45) is -17.1. The molecule has 3 atom stereocenters. The van der Waals surface area contributed by atoms with Crippen LogP contribution in [0.3, 0.4) is 0 Å². The second-order valence-electron chi connectivity index (χ2n) is 9.44. The molecule has 0 aromatic heterocycles. The van der Waals surface area contributed by atoms with Gasteiger partial charge in [-0.15, -0.1) is 0 Å². The van der Waals surface area contributed by atoms with Crippen molar-refractivity contribution in [1.29, 1.82) is 0 Å². The van der Waals surface area contributed by atoms with Crippen LogP contribution in [0.15, 0.2) is 77.8 Å². The van der Waals surface area contributed by atoms with Crippen LogP contribution in [0, 0.1) is 0 Å². The summed E-state index contributed by atoms with van der Waals surface area (Å²) < 4.78 is 104. The number of aliphatic hydroxyl groups excluding tert-OH is 1. The van der Waals surface area contributed by atoms with Crippen molar-refractivity contribution in [2.45, 2.75) is 43.2 Å². The van der Waals surface area contributed by atoms with Gasteiger partial charge in [0.25, 0.3) is 11.8 Å². The van der Waals surface area contributed by atoms with Gasteiger partial charge in [0.2, 0.25) is 17.2 Å². The van der Waals surface area contributed by atoms with Crippen molar-refractivity contribution in [3.63, 3.8) is 0 Å². The zero-order valence-corrected chi connectivity index (χ0v) is 39.3. The Morgan fingerprint density at radius 2 is 0.864 bits per heavy atom. The number of alkyl halides is 11. The number of rotatable bonds is 6. The summed E-state index contributed by atoms with van der Waals surface area (Å²) in [7, 11) is 0. The maximum Gasteiger partial charge on any atom is 0.433 e. The summed E-state index contributed by atoms with van der Waals surface area (Å²) in [5, 5.41) is 12.5. The zero-order valence-electron chi connectivity index (χ0n) is 27.0. The van der Waals surface area contributed by atoms with E-state index in [1.807, 2.05) is 0 Å². The van der Waals surface area contributed by atoms with Crippen LogP contribution in [-0.2, 0) is 0 Å². The Kier molecular flexibility index (Phi) is 30.7. The molecule has 0 aliphatic rings. The van der Waals surface area contributed by atoms with Crippen LogP contribution < -0.4 is 10.6 Å². The SMILES string of the molecule is C.ClP(Cl)(Cl)(Cl)Cl.ClP(Cl)Cl.FC(F)(F)C(Cl)N=C(Cl)c1ccc(Cl)cc1.O=C(NC(Cl)C(F)(F)F)c1ccc(Cl)cc1.O=C(NC(O)C(F)(F)F)c1ccc(Cl)cc1. The molecular weight excluding hydrogens is 1160 g/mol. The summed E-state index contributed by atoms with van der Waals surface area (Å²) in [4.78, 5) is 25.6. The number of aliphatic hydroxyl groups is 1. The minimum Gasteiger partial charge on any atom is -0.366 e. The third-order valence-electron chi connectivity index (χ3n) is 4.92. The van der Waals surface area contributed by atoms with Crippen molar-refractivity contribution in [2.75, 3.05) is 0 Å². The van der Waals surface area contributed by atoms with E-state index in [1.165, 1.54) is 78.1 Å². The number of nitrogens with zero attached hydrogens (tertiary/aromatic N) is 1. The van der Waals surface area contributed by atoms with E-state index < -0.39 is 56.9 Å². The van der Waals surface area contributed by atoms with E-state index in [-0.39, 0.29) is 23.7 Å². The van der Waals surface area contributed by atoms with Gasteiger partial charge in [0.15, 0.2) is 5.98 Å². The monoisotopic (exact) mass is 1170 g/mol. The molecule has 0 radical (unpaired) electrons. The van der Waals surface area contributed by atoms with E-state index in [0.29, 0.717) is 20.6 Å². The number of nitrogens with one attached hydrogen (secondary N) is 2. The largest absolute Gasteiger partial charge is 0.433 e. The number of benzene rings is 3. The van der Waals surface area contributed by atoms with Gasteiger partial charge in [-0.25, -0.2) is 4.99 Å². The summed E-state index contributed by atoms with van der Waals surface area (Å²) in [5.41, 5.74) is -4.40. The predicted molar refractivity (Wildman–Crippen MR) is 233 cm³/mol. The van der Waals surface area contributed by atoms with Crippen LogP contribution in [0.2, 0.25) is 15.1 Å². The molecule has 0 heterocycles. The van der Waals surface area contributed by atoms with E-state index in [9.17, 15) is 49.1 Å². The molecule has 2 amide bonds. The first-order valence-corrected chi connectivity index (χ1v) is 26.8. The fourth-order valence-corrected chi connectivity index (χ4v) is 3.45. The predicted octanol–water partition coefficient (Wildman–Crippen LogP) is 17.5. The van der Waals surface area contributed by atoms with Crippen LogP contribution in [0.4, 0.5) is 39.5 Å². The van der Waals surface area contributed by atoms with Crippen molar-refractivity contribution in [3.05, 3.63) is 105 Å². The number of carbonyl (C=O) groups excluding carboxylic acids is 2. The van der Waals surface area contributed by atoms with Crippen LogP contribution in [0.25, 0.3) is 0 Å². The number of aliphatic imine (C=N–C) groups is 1. The second-order valence-corrected chi connectivity index (χ2v) is 33.6. The molecule has 3 unspecified atom stereocenters. The van der Waals surface area contributed by atoms with E-state index in [2.05, 4.69) is 4.99 Å². The molecule has 0 spiro atoms. The van der Waals surface area contributed by atoms with Gasteiger partial charge in [-0.05, 0) is 60.7 Å². The summed E-state index contributed by atoms with van der Waals surface area (Å²) in [6.45, 7) is 0. The second kappa shape index (κ2) is 28.4. The Morgan fingerprint density at radius 1 is 0.593 bits per heavy atom. The molecule has 59 heavy (non-hydrogen) atoms. The molecule has 338 valence electrons. The molecule has 0 aliphatic heterocycles. The van der Waals surface area contributed by atoms with E-state index >= 15 is 0 Å². The maximum atomic E-state index is 12.1. The molecule has 0 bridgehead atoms. The molecule has 0 fully saturated rings. The molecule has 3 aromatic rings. The van der Waals surface area contributed by atoms with Crippen LogP contribution in [-0.4, -0.2) is 57.9 Å². The van der Waals surface area contributed by atoms with E-state index in [1.54, 1.807) is 5.32 Å². The first-order valence-electron chi connectivity index (χ1n) is 13.6. The molecule has 3 aromatic carbocycles. The van der Waals surface area contributed by atoms with Crippen molar-refractivity contribution in [3.8, 4) is 0 Å². The molecule has 0 saturated carbocycles. The Labute approximate surface area is 400 Å². The van der Waals surface area contributed by atoms with Crippen LogP contribution in [0.1, 0.15) is 33.7 Å². The van der Waals surface area contributed by atoms with Crippen molar-refractivity contribution in [1.82, 2.24) is 10.6 Å². The summed E-state index contributed by atoms with van der Waals surface area (Å²) in [6, 6.07) is 16.5. The Hall–Kier alpha value is 0.520. The smallest absolute Gasteiger partial charge is 0.366 e. The molecule has 0 aliphatic carbocycles. The van der Waals surface area contributed by atoms with Gasteiger partial charge >= 0.3 is 78.1 Å². The van der Waals surface area contributed by atoms with Crippen LogP contribution >= 0.6 is 169 Å². The first kappa shape index (κ1) is 63.8. The number of carbonyl (C=O) groups is 2. The summed E-state index contributed by atoms with van der Waals surface area (Å²) >= 11 is 71.7. The van der Waals surface area contributed by atoms with Crippen molar-refractivity contribution in [2.24, 2.45) is 4.99 Å². The molecular formula is C28H22Cl14F9N3O3P2. The van der Waals surface area contributed by atoms with Gasteiger partial charge in [-0.2, -0.15) is 39.5 Å². The topological polar surface area (TPSA) is 90.8 Å². The average Bonchev–Trinajstić information content (AvgIpc) is 3.03. The fraction of sp³-hybridized carbons (Fsp3) is 0.250. The first-order chi connectivity index (χ1) is 25.9. The zero-order chi connectivity index (χ0) is 46.1. The number of hydrogen-bond donors (Lipinski definition) is 3. The minimum atomic E-state index is -4.89. The third-order valence-corrected chi connectivity index (χ3v) is 6.69. The molecule has 3 rings (SSSR count). The molecule has 3 N–H and O–H groups in total. The Balaban J connectivity index is -0.000000708. The number of halogens is 23. The van der Waals surface area contributed by atoms with Gasteiger partial charge < -0.3 is 15.7 Å². The molecule has 6 nitrogen and oxygen atoms in total. The average molecular weight is 1180 g/mol. The molecule has 31 heteroatoms. The van der Waals surface area contributed by atoms with Crippen molar-refractivity contribution < 1.29 is 54.2 Å². The number of hydrogen-bond acceptors (Lipinski definition) is 4. The fourth-order valence-electron chi connectivity index (χ4n) is 2.61. The maximum absolute atomic E-state index is 12.1. The van der Waals surface area contributed by atoms with Crippen molar-refractivity contribution >= 4 is 186 Å². The molecule has 0 saturated heterocycles. The van der Waals surface area contributed by atoms with Gasteiger partial charge in [0, 0.05) is 31.8 Å². The van der Waals surface area contributed by atoms with Gasteiger partial charge in [-0.3, -0.25) is 9.59 Å². The quantitative estimate of drug-likeness (QED) is 0.0574.